The van der Waals surface area contributed by atoms with Gasteiger partial charge in [-0.1, -0.05) is 13.8 Å². The molecule has 0 unspecified atom stereocenters. The lowest BCUT2D eigenvalue weighted by molar-refractivity contribution is 0.502. The van der Waals surface area contributed by atoms with Crippen LogP contribution in [-0.4, -0.2) is 11.0 Å². The third kappa shape index (κ3) is 2.77. The number of rotatable bonds is 4. The van der Waals surface area contributed by atoms with Gasteiger partial charge in [-0.2, -0.15) is 0 Å². The van der Waals surface area contributed by atoms with E-state index in [1.54, 1.807) is 6.26 Å². The molecule has 0 aliphatic heterocycles. The predicted molar refractivity (Wildman–Crippen MR) is 65.7 cm³/mol. The van der Waals surface area contributed by atoms with Crippen molar-refractivity contribution in [3.8, 4) is 11.5 Å². The van der Waals surface area contributed by atoms with Crippen LogP contribution in [0.3, 0.4) is 0 Å². The molecule has 0 saturated heterocycles. The van der Waals surface area contributed by atoms with Crippen LogP contribution in [0, 0.1) is 13.8 Å². The summed E-state index contributed by atoms with van der Waals surface area (Å²) in [5.41, 5.74) is 1.84. The molecule has 0 spiro atoms. The highest BCUT2D eigenvalue weighted by Gasteiger charge is 2.13. The smallest absolute Gasteiger partial charge is 0.229 e. The largest absolute Gasteiger partial charge is 0.466 e. The molecule has 92 valence electrons. The molecule has 2 heterocycles. The third-order valence-electron chi connectivity index (χ3n) is 2.51. The van der Waals surface area contributed by atoms with Gasteiger partial charge < -0.3 is 14.2 Å². The van der Waals surface area contributed by atoms with Gasteiger partial charge >= 0.3 is 0 Å². The van der Waals surface area contributed by atoms with E-state index in [-0.39, 0.29) is 0 Å². The van der Waals surface area contributed by atoms with Crippen molar-refractivity contribution in [1.29, 1.82) is 0 Å². The predicted octanol–water partition coefficient (Wildman–Crippen LogP) is 3.05. The van der Waals surface area contributed by atoms with Crippen molar-refractivity contribution in [3.05, 3.63) is 29.5 Å². The Hall–Kier alpha value is -1.55. The number of oxazole rings is 1. The lowest BCUT2D eigenvalue weighted by Crippen LogP contribution is -2.21. The third-order valence-corrected chi connectivity index (χ3v) is 2.51. The SMILES string of the molecule is Cc1cc(-c2nc(CNC(C)C)co2)c(C)o1. The maximum atomic E-state index is 5.47. The van der Waals surface area contributed by atoms with Crippen LogP contribution in [0.5, 0.6) is 0 Å². The summed E-state index contributed by atoms with van der Waals surface area (Å²) in [6.07, 6.45) is 1.69. The summed E-state index contributed by atoms with van der Waals surface area (Å²) in [6, 6.07) is 2.38. The highest BCUT2D eigenvalue weighted by atomic mass is 16.4. The van der Waals surface area contributed by atoms with E-state index in [9.17, 15) is 0 Å². The summed E-state index contributed by atoms with van der Waals surface area (Å²) < 4.78 is 10.9. The molecule has 17 heavy (non-hydrogen) atoms. The maximum absolute atomic E-state index is 5.47. The van der Waals surface area contributed by atoms with Gasteiger partial charge in [-0.15, -0.1) is 0 Å². The highest BCUT2D eigenvalue weighted by molar-refractivity contribution is 5.56. The molecule has 4 heteroatoms. The molecule has 0 aromatic carbocycles. The van der Waals surface area contributed by atoms with E-state index in [0.29, 0.717) is 11.9 Å². The molecular weight excluding hydrogens is 216 g/mol. The Balaban J connectivity index is 2.15. The van der Waals surface area contributed by atoms with Crippen LogP contribution < -0.4 is 5.32 Å². The quantitative estimate of drug-likeness (QED) is 0.883. The van der Waals surface area contributed by atoms with Gasteiger partial charge in [0, 0.05) is 12.6 Å². The molecule has 0 aliphatic rings. The Labute approximate surface area is 101 Å². The zero-order valence-corrected chi connectivity index (χ0v) is 10.7. The van der Waals surface area contributed by atoms with E-state index < -0.39 is 0 Å². The van der Waals surface area contributed by atoms with Crippen LogP contribution in [0.15, 0.2) is 21.2 Å². The highest BCUT2D eigenvalue weighted by Crippen LogP contribution is 2.25. The number of nitrogens with zero attached hydrogens (tertiary/aromatic N) is 1. The topological polar surface area (TPSA) is 51.2 Å². The minimum absolute atomic E-state index is 0.438. The molecule has 0 saturated carbocycles. The zero-order valence-electron chi connectivity index (χ0n) is 10.7. The number of aryl methyl sites for hydroxylation is 2. The zero-order chi connectivity index (χ0) is 12.4. The summed E-state index contributed by atoms with van der Waals surface area (Å²) in [4.78, 5) is 4.44. The molecule has 2 aromatic rings. The summed E-state index contributed by atoms with van der Waals surface area (Å²) in [5.74, 6) is 2.34. The lowest BCUT2D eigenvalue weighted by atomic mass is 10.2. The van der Waals surface area contributed by atoms with Crippen molar-refractivity contribution in [2.45, 2.75) is 40.3 Å². The van der Waals surface area contributed by atoms with Crippen molar-refractivity contribution in [2.75, 3.05) is 0 Å². The van der Waals surface area contributed by atoms with Gasteiger partial charge in [0.25, 0.3) is 0 Å². The number of hydrogen-bond donors (Lipinski definition) is 1. The van der Waals surface area contributed by atoms with Gasteiger partial charge in [0.05, 0.1) is 11.3 Å². The van der Waals surface area contributed by atoms with Crippen molar-refractivity contribution < 1.29 is 8.83 Å². The summed E-state index contributed by atoms with van der Waals surface area (Å²) >= 11 is 0. The maximum Gasteiger partial charge on any atom is 0.229 e. The van der Waals surface area contributed by atoms with Gasteiger partial charge in [-0.25, -0.2) is 4.98 Å². The molecule has 0 radical (unpaired) electrons. The molecule has 2 rings (SSSR count). The molecular formula is C13H18N2O2. The Morgan fingerprint density at radius 3 is 2.71 bits per heavy atom. The fourth-order valence-electron chi connectivity index (χ4n) is 1.66. The average molecular weight is 234 g/mol. The average Bonchev–Trinajstić information content (AvgIpc) is 2.82. The summed E-state index contributed by atoms with van der Waals surface area (Å²) in [5, 5.41) is 3.30. The second-order valence-electron chi connectivity index (χ2n) is 4.51. The Kier molecular flexibility index (Phi) is 3.33. The van der Waals surface area contributed by atoms with Crippen LogP contribution in [0.2, 0.25) is 0 Å². The van der Waals surface area contributed by atoms with Crippen molar-refractivity contribution in [2.24, 2.45) is 0 Å². The van der Waals surface area contributed by atoms with Crippen molar-refractivity contribution in [3.63, 3.8) is 0 Å². The first kappa shape index (κ1) is 11.9. The van der Waals surface area contributed by atoms with E-state index >= 15 is 0 Å². The second-order valence-corrected chi connectivity index (χ2v) is 4.51. The van der Waals surface area contributed by atoms with Gasteiger partial charge in [-0.3, -0.25) is 0 Å². The molecule has 1 N–H and O–H groups in total. The van der Waals surface area contributed by atoms with E-state index in [1.807, 2.05) is 19.9 Å². The normalized spacial score (nSPS) is 11.4. The Morgan fingerprint density at radius 2 is 2.12 bits per heavy atom. The van der Waals surface area contributed by atoms with E-state index in [2.05, 4.69) is 24.1 Å². The number of furan rings is 1. The molecule has 4 nitrogen and oxygen atoms in total. The van der Waals surface area contributed by atoms with Crippen molar-refractivity contribution in [1.82, 2.24) is 10.3 Å². The fraction of sp³-hybridized carbons (Fsp3) is 0.462. The summed E-state index contributed by atoms with van der Waals surface area (Å²) in [6.45, 7) is 8.76. The molecule has 0 fully saturated rings. The molecule has 0 aliphatic carbocycles. The number of aromatic nitrogens is 1. The first-order valence-electron chi connectivity index (χ1n) is 5.81. The van der Waals surface area contributed by atoms with Crippen molar-refractivity contribution >= 4 is 0 Å². The minimum Gasteiger partial charge on any atom is -0.466 e. The molecule has 0 amide bonds. The van der Waals surface area contributed by atoms with Gasteiger partial charge in [0.15, 0.2) is 0 Å². The van der Waals surface area contributed by atoms with Crippen LogP contribution >= 0.6 is 0 Å². The Morgan fingerprint density at radius 1 is 1.35 bits per heavy atom. The van der Waals surface area contributed by atoms with Crippen LogP contribution in [0.25, 0.3) is 11.5 Å². The summed E-state index contributed by atoms with van der Waals surface area (Å²) in [7, 11) is 0. The second kappa shape index (κ2) is 4.75. The Bertz CT molecular complexity index is 497. The molecule has 0 bridgehead atoms. The standard InChI is InChI=1S/C13H18N2O2/c1-8(2)14-6-11-7-16-13(15-11)12-5-9(3)17-10(12)4/h5,7-8,14H,6H2,1-4H3. The molecule has 2 aromatic heterocycles. The first-order valence-corrected chi connectivity index (χ1v) is 5.81. The lowest BCUT2D eigenvalue weighted by Gasteiger charge is -2.03. The monoisotopic (exact) mass is 234 g/mol. The van der Waals surface area contributed by atoms with Gasteiger partial charge in [0.2, 0.25) is 5.89 Å². The minimum atomic E-state index is 0.438. The first-order chi connectivity index (χ1) is 8.06. The fourth-order valence-corrected chi connectivity index (χ4v) is 1.66. The van der Waals surface area contributed by atoms with E-state index in [1.165, 1.54) is 0 Å². The van der Waals surface area contributed by atoms with Crippen LogP contribution in [0.4, 0.5) is 0 Å². The number of hydrogen-bond acceptors (Lipinski definition) is 4. The van der Waals surface area contributed by atoms with E-state index in [4.69, 9.17) is 8.83 Å². The number of nitrogens with one attached hydrogen (secondary N) is 1. The molecule has 0 atom stereocenters. The van der Waals surface area contributed by atoms with Gasteiger partial charge in [0.1, 0.15) is 17.8 Å². The van der Waals surface area contributed by atoms with E-state index in [0.717, 1.165) is 29.3 Å². The van der Waals surface area contributed by atoms with Crippen LogP contribution in [0.1, 0.15) is 31.1 Å². The van der Waals surface area contributed by atoms with Gasteiger partial charge in [-0.05, 0) is 19.9 Å². The van der Waals surface area contributed by atoms with Crippen LogP contribution in [-0.2, 0) is 6.54 Å².